The molecular formula is C19H20N6O5. The fourth-order valence-electron chi connectivity index (χ4n) is 2.81. The molecule has 3 N–H and O–H groups in total. The molecule has 3 aromatic rings. The van der Waals surface area contributed by atoms with Crippen molar-refractivity contribution < 1.29 is 24.2 Å². The van der Waals surface area contributed by atoms with Crippen LogP contribution in [0.2, 0.25) is 0 Å². The fraction of sp³-hybridized carbons (Fsp3) is 0.211. The van der Waals surface area contributed by atoms with Crippen LogP contribution in [0.25, 0.3) is 0 Å². The smallest absolute Gasteiger partial charge is 0.325 e. The van der Waals surface area contributed by atoms with Gasteiger partial charge in [-0.2, -0.15) is 10.2 Å². The molecular weight excluding hydrogens is 392 g/mol. The highest BCUT2D eigenvalue weighted by Gasteiger charge is 2.22. The zero-order chi connectivity index (χ0) is 21.7. The van der Waals surface area contributed by atoms with Gasteiger partial charge in [-0.15, -0.1) is 0 Å². The Morgan fingerprint density at radius 2 is 1.90 bits per heavy atom. The van der Waals surface area contributed by atoms with E-state index < -0.39 is 24.3 Å². The van der Waals surface area contributed by atoms with Crippen LogP contribution in [-0.2, 0) is 17.9 Å². The SMILES string of the molecule is CCn1ncc(NC(=O)c2ccnn2CC(=O)O)c1C(=O)Nc1cccc(OC)c1. The molecule has 30 heavy (non-hydrogen) atoms. The van der Waals surface area contributed by atoms with Crippen molar-refractivity contribution in [2.24, 2.45) is 0 Å². The number of rotatable bonds is 8. The Morgan fingerprint density at radius 1 is 1.10 bits per heavy atom. The number of ether oxygens (including phenoxy) is 1. The molecule has 2 aromatic heterocycles. The van der Waals surface area contributed by atoms with E-state index in [1.165, 1.54) is 30.3 Å². The van der Waals surface area contributed by atoms with Crippen molar-refractivity contribution in [1.29, 1.82) is 0 Å². The molecule has 1 aromatic carbocycles. The largest absolute Gasteiger partial charge is 0.497 e. The molecule has 0 aliphatic carbocycles. The Morgan fingerprint density at radius 3 is 2.60 bits per heavy atom. The molecule has 156 valence electrons. The van der Waals surface area contributed by atoms with Gasteiger partial charge in [0.05, 0.1) is 19.0 Å². The fourth-order valence-corrected chi connectivity index (χ4v) is 2.81. The van der Waals surface area contributed by atoms with Gasteiger partial charge in [0.1, 0.15) is 23.7 Å². The lowest BCUT2D eigenvalue weighted by Gasteiger charge is -2.11. The summed E-state index contributed by atoms with van der Waals surface area (Å²) in [6.45, 7) is 1.74. The predicted molar refractivity (Wildman–Crippen MR) is 107 cm³/mol. The number of amides is 2. The summed E-state index contributed by atoms with van der Waals surface area (Å²) in [6, 6.07) is 8.23. The van der Waals surface area contributed by atoms with Crippen LogP contribution in [0.3, 0.4) is 0 Å². The molecule has 0 atom stereocenters. The van der Waals surface area contributed by atoms with Crippen LogP contribution in [0, 0.1) is 0 Å². The molecule has 11 nitrogen and oxygen atoms in total. The Labute approximate surface area is 171 Å². The number of anilines is 2. The lowest BCUT2D eigenvalue weighted by Crippen LogP contribution is -2.23. The van der Waals surface area contributed by atoms with E-state index in [4.69, 9.17) is 9.84 Å². The summed E-state index contributed by atoms with van der Waals surface area (Å²) in [4.78, 5) is 36.5. The predicted octanol–water partition coefficient (Wildman–Crippen LogP) is 1.70. The van der Waals surface area contributed by atoms with Gasteiger partial charge in [-0.25, -0.2) is 4.68 Å². The Hall–Kier alpha value is -4.15. The Kier molecular flexibility index (Phi) is 6.11. The molecule has 3 rings (SSSR count). The second-order valence-electron chi connectivity index (χ2n) is 6.13. The summed E-state index contributed by atoms with van der Waals surface area (Å²) < 4.78 is 7.65. The van der Waals surface area contributed by atoms with Crippen molar-refractivity contribution in [1.82, 2.24) is 19.6 Å². The maximum Gasteiger partial charge on any atom is 0.325 e. The maximum absolute atomic E-state index is 12.9. The summed E-state index contributed by atoms with van der Waals surface area (Å²) in [5.41, 5.74) is 0.893. The molecule has 0 radical (unpaired) electrons. The molecule has 0 aliphatic heterocycles. The molecule has 0 spiro atoms. The van der Waals surface area contributed by atoms with Gasteiger partial charge in [0.15, 0.2) is 0 Å². The zero-order valence-corrected chi connectivity index (χ0v) is 16.3. The van der Waals surface area contributed by atoms with Gasteiger partial charge >= 0.3 is 5.97 Å². The highest BCUT2D eigenvalue weighted by molar-refractivity contribution is 6.11. The van der Waals surface area contributed by atoms with Crippen molar-refractivity contribution in [3.63, 3.8) is 0 Å². The molecule has 11 heteroatoms. The summed E-state index contributed by atoms with van der Waals surface area (Å²) in [5.74, 6) is -1.64. The van der Waals surface area contributed by atoms with Crippen molar-refractivity contribution in [3.8, 4) is 5.75 Å². The quantitative estimate of drug-likeness (QED) is 0.511. The van der Waals surface area contributed by atoms with E-state index in [0.717, 1.165) is 4.68 Å². The van der Waals surface area contributed by atoms with Crippen LogP contribution >= 0.6 is 0 Å². The second-order valence-corrected chi connectivity index (χ2v) is 6.13. The van der Waals surface area contributed by atoms with E-state index in [0.29, 0.717) is 18.0 Å². The summed E-state index contributed by atoms with van der Waals surface area (Å²) in [6.07, 6.45) is 2.68. The Balaban J connectivity index is 1.84. The van der Waals surface area contributed by atoms with Gasteiger partial charge < -0.3 is 20.5 Å². The van der Waals surface area contributed by atoms with E-state index in [2.05, 4.69) is 20.8 Å². The van der Waals surface area contributed by atoms with Crippen LogP contribution < -0.4 is 15.4 Å². The van der Waals surface area contributed by atoms with E-state index in [9.17, 15) is 14.4 Å². The number of nitrogens with one attached hydrogen (secondary N) is 2. The average Bonchev–Trinajstić information content (AvgIpc) is 3.34. The van der Waals surface area contributed by atoms with Crippen molar-refractivity contribution in [2.45, 2.75) is 20.0 Å². The number of nitrogens with zero attached hydrogens (tertiary/aromatic N) is 4. The zero-order valence-electron chi connectivity index (χ0n) is 16.3. The number of carboxylic acids is 1. The van der Waals surface area contributed by atoms with Crippen molar-refractivity contribution in [3.05, 3.63) is 54.1 Å². The van der Waals surface area contributed by atoms with Gasteiger partial charge in [0.25, 0.3) is 11.8 Å². The monoisotopic (exact) mass is 412 g/mol. The van der Waals surface area contributed by atoms with Gasteiger partial charge in [-0.05, 0) is 25.1 Å². The highest BCUT2D eigenvalue weighted by atomic mass is 16.5. The Bertz CT molecular complexity index is 1090. The molecule has 0 saturated carbocycles. The summed E-state index contributed by atoms with van der Waals surface area (Å²) in [5, 5.41) is 22.3. The lowest BCUT2D eigenvalue weighted by molar-refractivity contribution is -0.137. The topological polar surface area (TPSA) is 140 Å². The first-order valence-corrected chi connectivity index (χ1v) is 8.99. The van der Waals surface area contributed by atoms with Crippen LogP contribution in [0.15, 0.2) is 42.7 Å². The maximum atomic E-state index is 12.9. The van der Waals surface area contributed by atoms with Crippen LogP contribution in [-0.4, -0.2) is 49.6 Å². The number of carbonyl (C=O) groups excluding carboxylic acids is 2. The molecule has 0 bridgehead atoms. The van der Waals surface area contributed by atoms with Gasteiger partial charge in [0, 0.05) is 24.5 Å². The second kappa shape index (κ2) is 8.90. The first kappa shape index (κ1) is 20.6. The number of aryl methyl sites for hydroxylation is 1. The number of carboxylic acid groups (broad SMARTS) is 1. The van der Waals surface area contributed by atoms with Crippen molar-refractivity contribution in [2.75, 3.05) is 17.7 Å². The van der Waals surface area contributed by atoms with Gasteiger partial charge in [-0.1, -0.05) is 6.07 Å². The molecule has 0 aliphatic rings. The number of aliphatic carboxylic acids is 1. The third-order valence-electron chi connectivity index (χ3n) is 4.16. The normalized spacial score (nSPS) is 10.5. The van der Waals surface area contributed by atoms with Gasteiger partial charge in [0.2, 0.25) is 0 Å². The van der Waals surface area contributed by atoms with Crippen LogP contribution in [0.1, 0.15) is 27.9 Å². The summed E-state index contributed by atoms with van der Waals surface area (Å²) >= 11 is 0. The lowest BCUT2D eigenvalue weighted by atomic mass is 10.2. The van der Waals surface area contributed by atoms with Gasteiger partial charge in [-0.3, -0.25) is 19.1 Å². The third-order valence-corrected chi connectivity index (χ3v) is 4.16. The molecule has 0 unspecified atom stereocenters. The molecule has 2 amide bonds. The minimum atomic E-state index is -1.13. The first-order valence-electron chi connectivity index (χ1n) is 8.99. The minimum absolute atomic E-state index is 0.0424. The summed E-state index contributed by atoms with van der Waals surface area (Å²) in [7, 11) is 1.52. The van der Waals surface area contributed by atoms with Crippen LogP contribution in [0.5, 0.6) is 5.75 Å². The van der Waals surface area contributed by atoms with E-state index in [1.807, 2.05) is 6.92 Å². The number of hydrogen-bond acceptors (Lipinski definition) is 6. The van der Waals surface area contributed by atoms with Crippen LogP contribution in [0.4, 0.5) is 11.4 Å². The standard InChI is InChI=1S/C19H20N6O5/c1-3-24-17(19(29)22-12-5-4-6-13(9-12)30-2)14(10-21-24)23-18(28)15-7-8-20-25(15)11-16(26)27/h4-10H,3,11H2,1-2H3,(H,22,29)(H,23,28)(H,26,27). The van der Waals surface area contributed by atoms with E-state index in [-0.39, 0.29) is 17.1 Å². The van der Waals surface area contributed by atoms with E-state index in [1.54, 1.807) is 24.3 Å². The number of methoxy groups -OCH3 is 1. The first-order chi connectivity index (χ1) is 14.4. The average molecular weight is 412 g/mol. The number of hydrogen-bond donors (Lipinski definition) is 3. The number of carbonyl (C=O) groups is 3. The molecule has 0 fully saturated rings. The number of benzene rings is 1. The van der Waals surface area contributed by atoms with E-state index >= 15 is 0 Å². The van der Waals surface area contributed by atoms with Crippen molar-refractivity contribution >= 4 is 29.2 Å². The highest BCUT2D eigenvalue weighted by Crippen LogP contribution is 2.21. The third kappa shape index (κ3) is 4.46. The number of aromatic nitrogens is 4. The molecule has 2 heterocycles. The molecule has 0 saturated heterocycles. The minimum Gasteiger partial charge on any atom is -0.497 e.